The minimum atomic E-state index is -0.801. The number of benzene rings is 2. The molecule has 0 radical (unpaired) electrons. The third kappa shape index (κ3) is 6.10. The zero-order chi connectivity index (χ0) is 24.6. The largest absolute Gasteiger partial charge is 0.399 e. The smallest absolute Gasteiger partial charge is 0.254 e. The quantitative estimate of drug-likeness (QED) is 0.490. The van der Waals surface area contributed by atoms with Crippen LogP contribution >= 0.6 is 0 Å². The molecular formula is C27H28N4O4. The van der Waals surface area contributed by atoms with Gasteiger partial charge in [0.05, 0.1) is 24.1 Å². The van der Waals surface area contributed by atoms with Gasteiger partial charge < -0.3 is 20.2 Å². The molecule has 0 aliphatic carbocycles. The first-order chi connectivity index (χ1) is 17.0. The topological polar surface area (TPSA) is 104 Å². The van der Waals surface area contributed by atoms with Crippen molar-refractivity contribution in [3.63, 3.8) is 0 Å². The lowest BCUT2D eigenvalue weighted by molar-refractivity contribution is -0.122. The maximum absolute atomic E-state index is 13.3. The highest BCUT2D eigenvalue weighted by atomic mass is 16.6. The molecule has 2 atom stereocenters. The van der Waals surface area contributed by atoms with Crippen LogP contribution in [0.15, 0.2) is 84.1 Å². The first-order valence-electron chi connectivity index (χ1n) is 11.5. The molecule has 2 amide bonds. The van der Waals surface area contributed by atoms with Crippen LogP contribution in [0.25, 0.3) is 11.3 Å². The lowest BCUT2D eigenvalue weighted by Gasteiger charge is -2.24. The molecule has 4 rings (SSSR count). The SMILES string of the molecule is CON=C1C[C@@H](CC(=O)NC[C@@H](O)c2ccccc2)N(C(=O)c2ccc(-c3ccccn3)cc2)C1. The summed E-state index contributed by atoms with van der Waals surface area (Å²) in [5.41, 5.74) is 3.70. The molecule has 1 fully saturated rings. The van der Waals surface area contributed by atoms with Crippen molar-refractivity contribution in [1.29, 1.82) is 0 Å². The van der Waals surface area contributed by atoms with Crippen LogP contribution < -0.4 is 5.32 Å². The van der Waals surface area contributed by atoms with E-state index in [-0.39, 0.29) is 30.8 Å². The maximum Gasteiger partial charge on any atom is 0.254 e. The summed E-state index contributed by atoms with van der Waals surface area (Å²) in [7, 11) is 1.46. The number of hydrogen-bond acceptors (Lipinski definition) is 6. The van der Waals surface area contributed by atoms with Crippen LogP contribution in [-0.4, -0.2) is 58.8 Å². The number of pyridine rings is 1. The van der Waals surface area contributed by atoms with Crippen LogP contribution in [0.2, 0.25) is 0 Å². The molecule has 2 N–H and O–H groups in total. The van der Waals surface area contributed by atoms with Crippen molar-refractivity contribution >= 4 is 17.5 Å². The number of aromatic nitrogens is 1. The van der Waals surface area contributed by atoms with Crippen molar-refractivity contribution < 1.29 is 19.5 Å². The van der Waals surface area contributed by atoms with Crippen molar-refractivity contribution in [3.8, 4) is 11.3 Å². The number of carbonyl (C=O) groups is 2. The first-order valence-corrected chi connectivity index (χ1v) is 11.5. The number of aliphatic hydroxyl groups is 1. The predicted molar refractivity (Wildman–Crippen MR) is 133 cm³/mol. The number of hydrogen-bond donors (Lipinski definition) is 2. The van der Waals surface area contributed by atoms with Crippen LogP contribution in [0.4, 0.5) is 0 Å². The van der Waals surface area contributed by atoms with E-state index in [0.29, 0.717) is 24.2 Å². The number of aliphatic hydroxyl groups excluding tert-OH is 1. The Labute approximate surface area is 204 Å². The van der Waals surface area contributed by atoms with E-state index in [2.05, 4.69) is 15.5 Å². The molecule has 8 nitrogen and oxygen atoms in total. The summed E-state index contributed by atoms with van der Waals surface area (Å²) < 4.78 is 0. The van der Waals surface area contributed by atoms with Gasteiger partial charge in [0.25, 0.3) is 5.91 Å². The Bertz CT molecular complexity index is 1170. The molecule has 1 saturated heterocycles. The lowest BCUT2D eigenvalue weighted by Crippen LogP contribution is -2.40. The Morgan fingerprint density at radius 2 is 1.86 bits per heavy atom. The molecule has 2 aromatic carbocycles. The number of rotatable bonds is 8. The summed E-state index contributed by atoms with van der Waals surface area (Å²) in [5, 5.41) is 17.1. The molecule has 35 heavy (non-hydrogen) atoms. The van der Waals surface area contributed by atoms with Crippen molar-refractivity contribution in [2.75, 3.05) is 20.2 Å². The predicted octanol–water partition coefficient (Wildman–Crippen LogP) is 3.21. The summed E-state index contributed by atoms with van der Waals surface area (Å²) in [4.78, 5) is 36.9. The van der Waals surface area contributed by atoms with Crippen molar-refractivity contribution in [2.45, 2.75) is 25.0 Å². The summed E-state index contributed by atoms with van der Waals surface area (Å²) in [6.45, 7) is 0.386. The van der Waals surface area contributed by atoms with E-state index in [0.717, 1.165) is 16.8 Å². The molecule has 8 heteroatoms. The van der Waals surface area contributed by atoms with E-state index >= 15 is 0 Å². The highest BCUT2D eigenvalue weighted by Crippen LogP contribution is 2.24. The number of nitrogens with one attached hydrogen (secondary N) is 1. The highest BCUT2D eigenvalue weighted by molar-refractivity contribution is 6.01. The Balaban J connectivity index is 1.42. The second-order valence-electron chi connectivity index (χ2n) is 8.36. The first kappa shape index (κ1) is 24.1. The third-order valence-corrected chi connectivity index (χ3v) is 5.94. The Morgan fingerprint density at radius 1 is 1.11 bits per heavy atom. The second-order valence-corrected chi connectivity index (χ2v) is 8.36. The lowest BCUT2D eigenvalue weighted by atomic mass is 10.1. The normalized spacial score (nSPS) is 17.3. The van der Waals surface area contributed by atoms with E-state index in [4.69, 9.17) is 4.84 Å². The molecule has 0 spiro atoms. The van der Waals surface area contributed by atoms with Gasteiger partial charge in [-0.1, -0.05) is 53.7 Å². The van der Waals surface area contributed by atoms with Gasteiger partial charge >= 0.3 is 0 Å². The molecule has 180 valence electrons. The van der Waals surface area contributed by atoms with E-state index in [9.17, 15) is 14.7 Å². The fourth-order valence-electron chi connectivity index (χ4n) is 4.16. The zero-order valence-electron chi connectivity index (χ0n) is 19.5. The van der Waals surface area contributed by atoms with E-state index in [1.54, 1.807) is 35.4 Å². The van der Waals surface area contributed by atoms with E-state index in [1.807, 2.05) is 48.5 Å². The van der Waals surface area contributed by atoms with Crippen LogP contribution in [0.1, 0.15) is 34.9 Å². The standard InChI is InChI=1S/C27H28N4O4/c1-35-30-22-15-23(16-26(33)29-17-25(32)20-7-3-2-4-8-20)31(18-22)27(34)21-12-10-19(11-13-21)24-9-5-6-14-28-24/h2-14,23,25,32H,15-18H2,1H3,(H,29,33)/t23-,25+/m0/s1. The molecule has 2 heterocycles. The van der Waals surface area contributed by atoms with Gasteiger partial charge in [-0.25, -0.2) is 0 Å². The van der Waals surface area contributed by atoms with Gasteiger partial charge in [0.2, 0.25) is 5.91 Å². The fourth-order valence-corrected chi connectivity index (χ4v) is 4.16. The number of oxime groups is 1. The molecule has 0 saturated carbocycles. The summed E-state index contributed by atoms with van der Waals surface area (Å²) in [6.07, 6.45) is 1.47. The van der Waals surface area contributed by atoms with Gasteiger partial charge in [-0.05, 0) is 29.8 Å². The van der Waals surface area contributed by atoms with Gasteiger partial charge in [0, 0.05) is 42.8 Å². The van der Waals surface area contributed by atoms with Crippen molar-refractivity contribution in [1.82, 2.24) is 15.2 Å². The highest BCUT2D eigenvalue weighted by Gasteiger charge is 2.35. The Morgan fingerprint density at radius 3 is 2.54 bits per heavy atom. The van der Waals surface area contributed by atoms with Crippen LogP contribution in [0.3, 0.4) is 0 Å². The van der Waals surface area contributed by atoms with Crippen molar-refractivity contribution in [2.24, 2.45) is 5.16 Å². The number of nitrogens with zero attached hydrogens (tertiary/aromatic N) is 3. The molecule has 0 unspecified atom stereocenters. The molecule has 3 aromatic rings. The van der Waals surface area contributed by atoms with Gasteiger partial charge in [0.15, 0.2) is 0 Å². The third-order valence-electron chi connectivity index (χ3n) is 5.94. The molecule has 1 aliphatic heterocycles. The summed E-state index contributed by atoms with van der Waals surface area (Å²) in [5.74, 6) is -0.423. The average molecular weight is 473 g/mol. The van der Waals surface area contributed by atoms with E-state index < -0.39 is 6.10 Å². The molecule has 0 bridgehead atoms. The molecule has 1 aromatic heterocycles. The summed E-state index contributed by atoms with van der Waals surface area (Å²) >= 11 is 0. The maximum atomic E-state index is 13.3. The number of carbonyl (C=O) groups excluding carboxylic acids is 2. The minimum Gasteiger partial charge on any atom is -0.399 e. The zero-order valence-corrected chi connectivity index (χ0v) is 19.5. The monoisotopic (exact) mass is 472 g/mol. The van der Waals surface area contributed by atoms with E-state index in [1.165, 1.54) is 7.11 Å². The molecule has 1 aliphatic rings. The van der Waals surface area contributed by atoms with Crippen molar-refractivity contribution in [3.05, 3.63) is 90.1 Å². The molecular weight excluding hydrogens is 444 g/mol. The van der Waals surface area contributed by atoms with Gasteiger partial charge in [-0.3, -0.25) is 14.6 Å². The Kier molecular flexibility index (Phi) is 7.84. The van der Waals surface area contributed by atoms with Crippen LogP contribution in [0, 0.1) is 0 Å². The number of amides is 2. The minimum absolute atomic E-state index is 0.0948. The second kappa shape index (κ2) is 11.4. The fraction of sp³-hybridized carbons (Fsp3) is 0.259. The number of likely N-dealkylation sites (tertiary alicyclic amines) is 1. The van der Waals surface area contributed by atoms with Gasteiger partial charge in [-0.15, -0.1) is 0 Å². The summed E-state index contributed by atoms with van der Waals surface area (Å²) in [6, 6.07) is 21.7. The van der Waals surface area contributed by atoms with Crippen LogP contribution in [-0.2, 0) is 9.63 Å². The van der Waals surface area contributed by atoms with Gasteiger partial charge in [0.1, 0.15) is 7.11 Å². The van der Waals surface area contributed by atoms with Crippen LogP contribution in [0.5, 0.6) is 0 Å². The average Bonchev–Trinajstić information content (AvgIpc) is 3.30. The van der Waals surface area contributed by atoms with Gasteiger partial charge in [-0.2, -0.15) is 0 Å². The Hall–Kier alpha value is -4.04.